The molecule has 0 heterocycles. The van der Waals surface area contributed by atoms with E-state index in [1.54, 1.807) is 24.3 Å². The number of hydrogen-bond donors (Lipinski definition) is 1. The van der Waals surface area contributed by atoms with Gasteiger partial charge in [0.2, 0.25) is 0 Å². The summed E-state index contributed by atoms with van der Waals surface area (Å²) in [5.74, 6) is 0.550. The molecule has 0 aromatic heterocycles. The lowest BCUT2D eigenvalue weighted by atomic mass is 10.1. The second-order valence-corrected chi connectivity index (χ2v) is 3.82. The van der Waals surface area contributed by atoms with E-state index < -0.39 is 18.4 Å². The summed E-state index contributed by atoms with van der Waals surface area (Å²) in [4.78, 5) is 0. The molecule has 0 amide bonds. The molecule has 0 saturated carbocycles. The third kappa shape index (κ3) is 3.89. The highest BCUT2D eigenvalue weighted by Gasteiger charge is 2.38. The van der Waals surface area contributed by atoms with E-state index in [1.807, 2.05) is 0 Å². The van der Waals surface area contributed by atoms with Crippen molar-refractivity contribution in [1.82, 2.24) is 0 Å². The Hall–Kier alpha value is -1.27. The minimum atomic E-state index is -4.40. The number of rotatable bonds is 5. The highest BCUT2D eigenvalue weighted by atomic mass is 19.4. The van der Waals surface area contributed by atoms with Gasteiger partial charge in [-0.05, 0) is 24.6 Å². The second kappa shape index (κ2) is 6.06. The molecule has 0 bridgehead atoms. The van der Waals surface area contributed by atoms with Crippen LogP contribution in [0.25, 0.3) is 0 Å². The Balaban J connectivity index is 2.82. The summed E-state index contributed by atoms with van der Waals surface area (Å²) >= 11 is 0. The third-order valence-electron chi connectivity index (χ3n) is 2.51. The lowest BCUT2D eigenvalue weighted by Crippen LogP contribution is -2.32. The Morgan fingerprint density at radius 1 is 1.33 bits per heavy atom. The smallest absolute Gasteiger partial charge is 0.414 e. The van der Waals surface area contributed by atoms with Crippen LogP contribution in [0.4, 0.5) is 13.2 Å². The topological polar surface area (TPSA) is 44.5 Å². The predicted octanol–water partition coefficient (Wildman–Crippen LogP) is 2.66. The first-order chi connectivity index (χ1) is 8.38. The van der Waals surface area contributed by atoms with Crippen molar-refractivity contribution in [3.63, 3.8) is 0 Å². The molecule has 0 aliphatic heterocycles. The van der Waals surface area contributed by atoms with Gasteiger partial charge in [-0.15, -0.1) is 0 Å². The summed E-state index contributed by atoms with van der Waals surface area (Å²) in [6, 6.07) is 6.65. The SMILES string of the molecule is COc1cccc(C(CN)OC(C)C(F)(F)F)c1. The summed E-state index contributed by atoms with van der Waals surface area (Å²) < 4.78 is 47.2. The van der Waals surface area contributed by atoms with Crippen LogP contribution in [0.1, 0.15) is 18.6 Å². The molecule has 0 spiro atoms. The van der Waals surface area contributed by atoms with Gasteiger partial charge in [0.1, 0.15) is 5.75 Å². The van der Waals surface area contributed by atoms with Gasteiger partial charge in [-0.2, -0.15) is 13.2 Å². The summed E-state index contributed by atoms with van der Waals surface area (Å²) in [6.07, 6.45) is -7.07. The van der Waals surface area contributed by atoms with Crippen molar-refractivity contribution < 1.29 is 22.6 Å². The van der Waals surface area contributed by atoms with Gasteiger partial charge in [-0.1, -0.05) is 12.1 Å². The molecule has 0 aliphatic carbocycles. The van der Waals surface area contributed by atoms with Crippen LogP contribution in [0.2, 0.25) is 0 Å². The fraction of sp³-hybridized carbons (Fsp3) is 0.500. The summed E-state index contributed by atoms with van der Waals surface area (Å²) in [6.45, 7) is 0.927. The molecule has 3 nitrogen and oxygen atoms in total. The van der Waals surface area contributed by atoms with Gasteiger partial charge in [-0.3, -0.25) is 0 Å². The second-order valence-electron chi connectivity index (χ2n) is 3.82. The van der Waals surface area contributed by atoms with Gasteiger partial charge < -0.3 is 15.2 Å². The Kier molecular flexibility index (Phi) is 4.98. The Labute approximate surface area is 104 Å². The lowest BCUT2D eigenvalue weighted by molar-refractivity contribution is -0.226. The number of halogens is 3. The first-order valence-corrected chi connectivity index (χ1v) is 5.44. The molecule has 1 aromatic carbocycles. The van der Waals surface area contributed by atoms with E-state index in [9.17, 15) is 13.2 Å². The van der Waals surface area contributed by atoms with Crippen LogP contribution >= 0.6 is 0 Å². The zero-order valence-corrected chi connectivity index (χ0v) is 10.2. The highest BCUT2D eigenvalue weighted by molar-refractivity contribution is 5.30. The van der Waals surface area contributed by atoms with E-state index in [0.29, 0.717) is 11.3 Å². The molecule has 2 atom stereocenters. The fourth-order valence-corrected chi connectivity index (χ4v) is 1.44. The van der Waals surface area contributed by atoms with Crippen LogP contribution in [-0.4, -0.2) is 25.9 Å². The van der Waals surface area contributed by atoms with E-state index in [1.165, 1.54) is 7.11 Å². The normalized spacial score (nSPS) is 15.2. The number of methoxy groups -OCH3 is 1. The molecule has 0 saturated heterocycles. The third-order valence-corrected chi connectivity index (χ3v) is 2.51. The molecule has 0 radical (unpaired) electrons. The van der Waals surface area contributed by atoms with Gasteiger partial charge in [0.25, 0.3) is 0 Å². The first kappa shape index (κ1) is 14.8. The number of alkyl halides is 3. The Morgan fingerprint density at radius 3 is 2.50 bits per heavy atom. The van der Waals surface area contributed by atoms with Crippen molar-refractivity contribution in [3.8, 4) is 5.75 Å². The predicted molar refractivity (Wildman–Crippen MR) is 61.4 cm³/mol. The van der Waals surface area contributed by atoms with E-state index >= 15 is 0 Å². The van der Waals surface area contributed by atoms with E-state index in [2.05, 4.69) is 0 Å². The Morgan fingerprint density at radius 2 is 2.00 bits per heavy atom. The van der Waals surface area contributed by atoms with Crippen LogP contribution in [0.3, 0.4) is 0 Å². The van der Waals surface area contributed by atoms with Crippen LogP contribution in [0.5, 0.6) is 5.75 Å². The van der Waals surface area contributed by atoms with Crippen molar-refractivity contribution in [3.05, 3.63) is 29.8 Å². The summed E-state index contributed by atoms with van der Waals surface area (Å²) in [5, 5.41) is 0. The number of benzene rings is 1. The van der Waals surface area contributed by atoms with E-state index in [0.717, 1.165) is 6.92 Å². The van der Waals surface area contributed by atoms with Crippen LogP contribution in [0.15, 0.2) is 24.3 Å². The van der Waals surface area contributed by atoms with Crippen LogP contribution in [-0.2, 0) is 4.74 Å². The van der Waals surface area contributed by atoms with Crippen molar-refractivity contribution in [1.29, 1.82) is 0 Å². The molecule has 0 aliphatic rings. The highest BCUT2D eigenvalue weighted by Crippen LogP contribution is 2.29. The molecule has 1 aromatic rings. The number of nitrogens with two attached hydrogens (primary N) is 1. The monoisotopic (exact) mass is 263 g/mol. The van der Waals surface area contributed by atoms with Crippen molar-refractivity contribution in [2.45, 2.75) is 25.3 Å². The zero-order chi connectivity index (χ0) is 13.8. The quantitative estimate of drug-likeness (QED) is 0.888. The molecule has 18 heavy (non-hydrogen) atoms. The summed E-state index contributed by atoms with van der Waals surface area (Å²) in [5.41, 5.74) is 6.02. The molecular formula is C12H16F3NO2. The molecular weight excluding hydrogens is 247 g/mol. The Bertz CT molecular complexity index is 382. The van der Waals surface area contributed by atoms with E-state index in [4.69, 9.17) is 15.2 Å². The largest absolute Gasteiger partial charge is 0.497 e. The van der Waals surface area contributed by atoms with Crippen LogP contribution < -0.4 is 10.5 Å². The van der Waals surface area contributed by atoms with Gasteiger partial charge >= 0.3 is 6.18 Å². The first-order valence-electron chi connectivity index (χ1n) is 5.44. The maximum absolute atomic E-state index is 12.4. The van der Waals surface area contributed by atoms with Gasteiger partial charge in [0.05, 0.1) is 13.2 Å². The zero-order valence-electron chi connectivity index (χ0n) is 10.2. The molecule has 0 fully saturated rings. The van der Waals surface area contributed by atoms with Crippen molar-refractivity contribution >= 4 is 0 Å². The van der Waals surface area contributed by atoms with E-state index in [-0.39, 0.29) is 6.54 Å². The summed E-state index contributed by atoms with van der Waals surface area (Å²) in [7, 11) is 1.48. The molecule has 102 valence electrons. The average Bonchev–Trinajstić information content (AvgIpc) is 2.34. The van der Waals surface area contributed by atoms with Gasteiger partial charge in [0, 0.05) is 6.54 Å². The maximum Gasteiger partial charge on any atom is 0.414 e. The standard InChI is InChI=1S/C12H16F3NO2/c1-8(12(13,14)15)18-11(7-16)9-4-3-5-10(6-9)17-2/h3-6,8,11H,7,16H2,1-2H3. The van der Waals surface area contributed by atoms with Crippen molar-refractivity contribution in [2.75, 3.05) is 13.7 Å². The minimum absolute atomic E-state index is 0.0341. The number of ether oxygens (including phenoxy) is 2. The maximum atomic E-state index is 12.4. The minimum Gasteiger partial charge on any atom is -0.497 e. The lowest BCUT2D eigenvalue weighted by Gasteiger charge is -2.23. The average molecular weight is 263 g/mol. The fourth-order valence-electron chi connectivity index (χ4n) is 1.44. The van der Waals surface area contributed by atoms with Gasteiger partial charge in [0.15, 0.2) is 6.10 Å². The molecule has 2 unspecified atom stereocenters. The van der Waals surface area contributed by atoms with Crippen LogP contribution in [0, 0.1) is 0 Å². The van der Waals surface area contributed by atoms with Gasteiger partial charge in [-0.25, -0.2) is 0 Å². The molecule has 1 rings (SSSR count). The molecule has 2 N–H and O–H groups in total. The number of hydrogen-bond acceptors (Lipinski definition) is 3. The molecule has 6 heteroatoms. The van der Waals surface area contributed by atoms with Crippen molar-refractivity contribution in [2.24, 2.45) is 5.73 Å².